The number of halogens is 1. The van der Waals surface area contributed by atoms with Gasteiger partial charge in [-0.3, -0.25) is 4.79 Å². The maximum absolute atomic E-state index is 12.4. The molecule has 0 aliphatic rings. The second kappa shape index (κ2) is 6.19. The Morgan fingerprint density at radius 2 is 1.91 bits per heavy atom. The highest BCUT2D eigenvalue weighted by atomic mass is 35.5. The van der Waals surface area contributed by atoms with Gasteiger partial charge in [-0.2, -0.15) is 0 Å². The minimum Gasteiger partial charge on any atom is -0.505 e. The molecule has 1 heterocycles. The van der Waals surface area contributed by atoms with Crippen molar-refractivity contribution < 1.29 is 19.8 Å². The Labute approximate surface area is 132 Å². The van der Waals surface area contributed by atoms with Gasteiger partial charge in [0, 0.05) is 28.7 Å². The quantitative estimate of drug-likeness (QED) is 0.844. The number of hydrogen-bond donors (Lipinski definition) is 2. The first-order valence-electron chi connectivity index (χ1n) is 6.63. The van der Waals surface area contributed by atoms with Crippen LogP contribution in [0.25, 0.3) is 10.8 Å². The van der Waals surface area contributed by atoms with Crippen LogP contribution in [-0.4, -0.2) is 37.5 Å². The lowest BCUT2D eigenvalue weighted by Gasteiger charge is -2.24. The standard InChI is InChI=1S/C15H15ClN2O4/c1-8(2)12(15(21)22)18(16)14(20)11-13(19)10-6-4-3-5-9(10)7-17-11/h3-8,12,19H,1-2H3,(H,21,22). The van der Waals surface area contributed by atoms with Crippen molar-refractivity contribution in [2.45, 2.75) is 19.9 Å². The predicted molar refractivity (Wildman–Crippen MR) is 81.7 cm³/mol. The molecule has 1 unspecified atom stereocenters. The van der Waals surface area contributed by atoms with Crippen molar-refractivity contribution in [2.24, 2.45) is 5.92 Å². The van der Waals surface area contributed by atoms with Crippen LogP contribution in [-0.2, 0) is 4.79 Å². The van der Waals surface area contributed by atoms with E-state index in [1.54, 1.807) is 38.1 Å². The molecule has 0 aliphatic heterocycles. The molecule has 0 fully saturated rings. The predicted octanol–water partition coefficient (Wildman–Crippen LogP) is 2.65. The van der Waals surface area contributed by atoms with E-state index in [0.29, 0.717) is 15.2 Å². The van der Waals surface area contributed by atoms with E-state index < -0.39 is 23.8 Å². The number of carbonyl (C=O) groups excluding carboxylic acids is 1. The van der Waals surface area contributed by atoms with Crippen molar-refractivity contribution in [2.75, 3.05) is 0 Å². The molecular weight excluding hydrogens is 308 g/mol. The van der Waals surface area contributed by atoms with E-state index in [9.17, 15) is 19.8 Å². The molecule has 0 saturated heterocycles. The van der Waals surface area contributed by atoms with Gasteiger partial charge in [0.05, 0.1) is 0 Å². The second-order valence-electron chi connectivity index (χ2n) is 5.19. The van der Waals surface area contributed by atoms with Crippen molar-refractivity contribution in [3.8, 4) is 5.75 Å². The zero-order valence-electron chi connectivity index (χ0n) is 12.0. The molecule has 2 N–H and O–H groups in total. The first-order valence-corrected chi connectivity index (χ1v) is 6.97. The molecule has 0 bridgehead atoms. The van der Waals surface area contributed by atoms with Crippen LogP contribution in [0, 0.1) is 5.92 Å². The van der Waals surface area contributed by atoms with Crippen LogP contribution in [0.15, 0.2) is 30.5 Å². The number of rotatable bonds is 4. The number of aromatic hydroxyl groups is 1. The third-order valence-corrected chi connectivity index (χ3v) is 3.66. The monoisotopic (exact) mass is 322 g/mol. The summed E-state index contributed by atoms with van der Waals surface area (Å²) >= 11 is 5.90. The van der Waals surface area contributed by atoms with Crippen LogP contribution in [0.4, 0.5) is 0 Å². The van der Waals surface area contributed by atoms with Crippen LogP contribution in [0.3, 0.4) is 0 Å². The third kappa shape index (κ3) is 2.82. The Bertz CT molecular complexity index is 733. The van der Waals surface area contributed by atoms with Gasteiger partial charge < -0.3 is 10.2 Å². The number of benzene rings is 1. The molecule has 1 aromatic carbocycles. The molecule has 22 heavy (non-hydrogen) atoms. The first kappa shape index (κ1) is 16.0. The summed E-state index contributed by atoms with van der Waals surface area (Å²) < 4.78 is 0.573. The normalized spacial score (nSPS) is 12.4. The molecule has 1 amide bonds. The Kier molecular flexibility index (Phi) is 4.51. The summed E-state index contributed by atoms with van der Waals surface area (Å²) in [5.74, 6) is -2.80. The number of carbonyl (C=O) groups is 2. The third-order valence-electron chi connectivity index (χ3n) is 3.30. The summed E-state index contributed by atoms with van der Waals surface area (Å²) in [5.41, 5.74) is -0.277. The van der Waals surface area contributed by atoms with Crippen molar-refractivity contribution in [1.82, 2.24) is 9.40 Å². The number of carboxylic acids is 1. The van der Waals surface area contributed by atoms with Gasteiger partial charge in [0.1, 0.15) is 6.04 Å². The number of amides is 1. The number of pyridine rings is 1. The van der Waals surface area contributed by atoms with Gasteiger partial charge in [-0.05, 0) is 5.92 Å². The van der Waals surface area contributed by atoms with E-state index in [4.69, 9.17) is 11.8 Å². The highest BCUT2D eigenvalue weighted by Crippen LogP contribution is 2.29. The van der Waals surface area contributed by atoms with Crippen molar-refractivity contribution in [1.29, 1.82) is 0 Å². The SMILES string of the molecule is CC(C)C(C(=O)O)N(Cl)C(=O)c1ncc2ccccc2c1O. The first-order chi connectivity index (χ1) is 10.3. The summed E-state index contributed by atoms with van der Waals surface area (Å²) in [6.45, 7) is 3.27. The Morgan fingerprint density at radius 3 is 2.50 bits per heavy atom. The van der Waals surface area contributed by atoms with E-state index in [2.05, 4.69) is 4.98 Å². The molecule has 2 aromatic rings. The minimum atomic E-state index is -1.22. The highest BCUT2D eigenvalue weighted by Gasteiger charge is 2.34. The summed E-state index contributed by atoms with van der Waals surface area (Å²) in [6.07, 6.45) is 1.43. The lowest BCUT2D eigenvalue weighted by Crippen LogP contribution is -2.42. The Balaban J connectivity index is 2.45. The van der Waals surface area contributed by atoms with Crippen LogP contribution < -0.4 is 0 Å². The smallest absolute Gasteiger partial charge is 0.328 e. The molecule has 1 atom stereocenters. The number of hydrogen-bond acceptors (Lipinski definition) is 4. The van der Waals surface area contributed by atoms with E-state index in [-0.39, 0.29) is 11.4 Å². The summed E-state index contributed by atoms with van der Waals surface area (Å²) in [7, 11) is 0. The van der Waals surface area contributed by atoms with Crippen LogP contribution in [0.1, 0.15) is 24.3 Å². The number of fused-ring (bicyclic) bond motifs is 1. The minimum absolute atomic E-state index is 0.277. The van der Waals surface area contributed by atoms with Gasteiger partial charge in [0.15, 0.2) is 11.4 Å². The molecular formula is C15H15ClN2O4. The lowest BCUT2D eigenvalue weighted by molar-refractivity contribution is -0.142. The van der Waals surface area contributed by atoms with E-state index >= 15 is 0 Å². The van der Waals surface area contributed by atoms with Gasteiger partial charge in [0.25, 0.3) is 5.91 Å². The average molecular weight is 323 g/mol. The Hall–Kier alpha value is -2.34. The fourth-order valence-electron chi connectivity index (χ4n) is 2.18. The van der Waals surface area contributed by atoms with Crippen molar-refractivity contribution in [3.63, 3.8) is 0 Å². The molecule has 0 saturated carbocycles. The topological polar surface area (TPSA) is 90.7 Å². The van der Waals surface area contributed by atoms with Crippen LogP contribution >= 0.6 is 11.8 Å². The molecule has 0 spiro atoms. The summed E-state index contributed by atoms with van der Waals surface area (Å²) in [6, 6.07) is 5.64. The number of aromatic nitrogens is 1. The largest absolute Gasteiger partial charge is 0.505 e. The molecule has 2 rings (SSSR count). The number of aliphatic carboxylic acids is 1. The van der Waals surface area contributed by atoms with Crippen molar-refractivity contribution in [3.05, 3.63) is 36.2 Å². The zero-order valence-corrected chi connectivity index (χ0v) is 12.8. The maximum Gasteiger partial charge on any atom is 0.328 e. The van der Waals surface area contributed by atoms with Gasteiger partial charge in [-0.1, -0.05) is 38.1 Å². The second-order valence-corrected chi connectivity index (χ2v) is 5.55. The fraction of sp³-hybridized carbons (Fsp3) is 0.267. The van der Waals surface area contributed by atoms with Crippen molar-refractivity contribution >= 4 is 34.4 Å². The lowest BCUT2D eigenvalue weighted by atomic mass is 10.0. The highest BCUT2D eigenvalue weighted by molar-refractivity contribution is 6.26. The van der Waals surface area contributed by atoms with Gasteiger partial charge in [0.2, 0.25) is 0 Å². The number of carboxylic acid groups (broad SMARTS) is 1. The summed E-state index contributed by atoms with van der Waals surface area (Å²) in [5, 5.41) is 20.5. The van der Waals surface area contributed by atoms with E-state index in [0.717, 1.165) is 0 Å². The van der Waals surface area contributed by atoms with Gasteiger partial charge in [-0.25, -0.2) is 14.2 Å². The zero-order chi connectivity index (χ0) is 16.4. The number of nitrogens with zero attached hydrogens (tertiary/aromatic N) is 2. The van der Waals surface area contributed by atoms with Crippen LogP contribution in [0.2, 0.25) is 0 Å². The van der Waals surface area contributed by atoms with E-state index in [1.807, 2.05) is 0 Å². The van der Waals surface area contributed by atoms with Crippen LogP contribution in [0.5, 0.6) is 5.75 Å². The van der Waals surface area contributed by atoms with E-state index in [1.165, 1.54) is 6.20 Å². The maximum atomic E-state index is 12.4. The fourth-order valence-corrected chi connectivity index (χ4v) is 2.56. The molecule has 7 heteroatoms. The molecule has 1 aromatic heterocycles. The molecule has 0 radical (unpaired) electrons. The van der Waals surface area contributed by atoms with Gasteiger partial charge in [-0.15, -0.1) is 0 Å². The summed E-state index contributed by atoms with van der Waals surface area (Å²) in [4.78, 5) is 27.5. The Morgan fingerprint density at radius 1 is 1.27 bits per heavy atom. The molecule has 116 valence electrons. The average Bonchev–Trinajstić information content (AvgIpc) is 2.46. The van der Waals surface area contributed by atoms with Gasteiger partial charge >= 0.3 is 5.97 Å². The molecule has 0 aliphatic carbocycles. The molecule has 6 nitrogen and oxygen atoms in total.